The number of morpholine rings is 1. The van der Waals surface area contributed by atoms with Crippen LogP contribution in [0.4, 0.5) is 26.3 Å². The fraction of sp³-hybridized carbons (Fsp3) is 0.682. The van der Waals surface area contributed by atoms with Gasteiger partial charge < -0.3 is 19.8 Å². The first kappa shape index (κ1) is 31.8. The molecule has 4 heterocycles. The molecule has 0 saturated carbocycles. The van der Waals surface area contributed by atoms with Crippen LogP contribution in [0.3, 0.4) is 0 Å². The van der Waals surface area contributed by atoms with Gasteiger partial charge in [-0.15, -0.1) is 0 Å². The molecule has 9 nitrogen and oxygen atoms in total. The second kappa shape index (κ2) is 14.1. The third-order valence-electron chi connectivity index (χ3n) is 6.21. The first-order valence-electron chi connectivity index (χ1n) is 11.6. The van der Waals surface area contributed by atoms with E-state index in [4.69, 9.17) is 24.5 Å². The van der Waals surface area contributed by atoms with E-state index in [0.717, 1.165) is 65.3 Å². The summed E-state index contributed by atoms with van der Waals surface area (Å²) in [4.78, 5) is 37.5. The van der Waals surface area contributed by atoms with Crippen molar-refractivity contribution in [1.29, 1.82) is 0 Å². The number of aliphatic carboxylic acids is 2. The average molecular weight is 578 g/mol. The minimum Gasteiger partial charge on any atom is -0.475 e. The predicted molar refractivity (Wildman–Crippen MR) is 123 cm³/mol. The number of hydrogen-bond acceptors (Lipinski definition) is 7. The molecular weight excluding hydrogens is 548 g/mol. The summed E-state index contributed by atoms with van der Waals surface area (Å²) in [5, 5.41) is 18.7. The summed E-state index contributed by atoms with van der Waals surface area (Å²) in [6, 6.07) is 3.19. The second-order valence-corrected chi connectivity index (χ2v) is 9.49. The number of halogens is 6. The maximum absolute atomic E-state index is 12.5. The zero-order valence-corrected chi connectivity index (χ0v) is 21.0. The van der Waals surface area contributed by atoms with Crippen LogP contribution in [-0.4, -0.2) is 113 Å². The largest absolute Gasteiger partial charge is 0.490 e. The Labute approximate surface area is 218 Å². The highest BCUT2D eigenvalue weighted by molar-refractivity contribution is 7.07. The molecule has 1 aromatic heterocycles. The summed E-state index contributed by atoms with van der Waals surface area (Å²) in [6.07, 6.45) is -7.30. The van der Waals surface area contributed by atoms with Gasteiger partial charge >= 0.3 is 24.3 Å². The molecular formula is C22H29F6N3O6S. The third-order valence-corrected chi connectivity index (χ3v) is 6.94. The van der Waals surface area contributed by atoms with Gasteiger partial charge in [0.25, 0.3) is 0 Å². The van der Waals surface area contributed by atoms with E-state index in [1.165, 1.54) is 5.56 Å². The molecule has 0 unspecified atom stereocenters. The van der Waals surface area contributed by atoms with Gasteiger partial charge in [0.15, 0.2) is 0 Å². The fourth-order valence-electron chi connectivity index (χ4n) is 4.42. The van der Waals surface area contributed by atoms with Crippen molar-refractivity contribution in [1.82, 2.24) is 14.7 Å². The smallest absolute Gasteiger partial charge is 0.475 e. The number of carboxylic acid groups (broad SMARTS) is 2. The van der Waals surface area contributed by atoms with E-state index in [1.54, 1.807) is 11.3 Å². The number of thiophene rings is 1. The summed E-state index contributed by atoms with van der Waals surface area (Å²) < 4.78 is 68.9. The van der Waals surface area contributed by atoms with E-state index >= 15 is 0 Å². The molecule has 38 heavy (non-hydrogen) atoms. The van der Waals surface area contributed by atoms with Crippen LogP contribution < -0.4 is 0 Å². The number of piperidine rings is 1. The summed E-state index contributed by atoms with van der Waals surface area (Å²) in [5.74, 6) is -5.15. The topological polar surface area (TPSA) is 111 Å². The first-order valence-corrected chi connectivity index (χ1v) is 12.6. The number of fused-ring (bicyclic) bond motifs is 1. The monoisotopic (exact) mass is 577 g/mol. The number of amides is 1. The third kappa shape index (κ3) is 10.0. The molecule has 3 aliphatic rings. The molecule has 0 aromatic carbocycles. The minimum absolute atomic E-state index is 0.363. The lowest BCUT2D eigenvalue weighted by atomic mass is 9.96. The van der Waals surface area contributed by atoms with Gasteiger partial charge in [0.1, 0.15) is 0 Å². The molecule has 16 heteroatoms. The minimum atomic E-state index is -5.08. The SMILES string of the molecule is O=C(O)C(F)(F)F.O=C(O)C(F)(F)F.O=C1CC[C@@H]2[C@@H](CCN2Cc2ccsc2)N1CCN1CCOCC1. The van der Waals surface area contributed by atoms with E-state index < -0.39 is 24.3 Å². The zero-order chi connectivity index (χ0) is 28.5. The highest BCUT2D eigenvalue weighted by atomic mass is 32.1. The van der Waals surface area contributed by atoms with E-state index in [0.29, 0.717) is 24.4 Å². The Hall–Kier alpha value is -2.43. The molecule has 0 aliphatic carbocycles. The lowest BCUT2D eigenvalue weighted by Gasteiger charge is -2.41. The van der Waals surface area contributed by atoms with Crippen LogP contribution in [-0.2, 0) is 25.7 Å². The van der Waals surface area contributed by atoms with Crippen molar-refractivity contribution in [2.75, 3.05) is 45.9 Å². The normalized spacial score (nSPS) is 22.6. The zero-order valence-electron chi connectivity index (χ0n) is 20.2. The highest BCUT2D eigenvalue weighted by Crippen LogP contribution is 2.32. The van der Waals surface area contributed by atoms with Crippen LogP contribution in [0, 0.1) is 0 Å². The van der Waals surface area contributed by atoms with Crippen molar-refractivity contribution in [3.8, 4) is 0 Å². The molecule has 0 bridgehead atoms. The van der Waals surface area contributed by atoms with Crippen LogP contribution in [0.5, 0.6) is 0 Å². The maximum Gasteiger partial charge on any atom is 0.490 e. The van der Waals surface area contributed by atoms with E-state index in [-0.39, 0.29) is 0 Å². The summed E-state index contributed by atoms with van der Waals surface area (Å²) in [5.41, 5.74) is 1.41. The number of carbonyl (C=O) groups excluding carboxylic acids is 1. The van der Waals surface area contributed by atoms with Crippen molar-refractivity contribution in [3.05, 3.63) is 22.4 Å². The number of carboxylic acids is 2. The summed E-state index contributed by atoms with van der Waals surface area (Å²) in [7, 11) is 0. The Balaban J connectivity index is 0.000000301. The van der Waals surface area contributed by atoms with Gasteiger partial charge in [-0.2, -0.15) is 37.7 Å². The van der Waals surface area contributed by atoms with Crippen molar-refractivity contribution in [2.45, 2.75) is 50.2 Å². The molecule has 0 radical (unpaired) electrons. The van der Waals surface area contributed by atoms with Crippen molar-refractivity contribution >= 4 is 29.2 Å². The number of rotatable bonds is 5. The predicted octanol–water partition coefficient (Wildman–Crippen LogP) is 2.91. The van der Waals surface area contributed by atoms with Crippen molar-refractivity contribution in [3.63, 3.8) is 0 Å². The molecule has 4 rings (SSSR count). The Morgan fingerprint density at radius 1 is 0.947 bits per heavy atom. The van der Waals surface area contributed by atoms with Gasteiger partial charge in [-0.25, -0.2) is 9.59 Å². The molecule has 0 spiro atoms. The maximum atomic E-state index is 12.5. The van der Waals surface area contributed by atoms with Crippen LogP contribution >= 0.6 is 11.3 Å². The van der Waals surface area contributed by atoms with Crippen LogP contribution in [0.15, 0.2) is 16.8 Å². The summed E-state index contributed by atoms with van der Waals surface area (Å²) >= 11 is 1.77. The van der Waals surface area contributed by atoms with E-state index in [9.17, 15) is 31.1 Å². The van der Waals surface area contributed by atoms with Crippen molar-refractivity contribution < 1.29 is 55.7 Å². The molecule has 3 fully saturated rings. The number of carbonyl (C=O) groups is 3. The number of hydrogen-bond donors (Lipinski definition) is 2. The van der Waals surface area contributed by atoms with Crippen molar-refractivity contribution in [2.24, 2.45) is 0 Å². The van der Waals surface area contributed by atoms with Gasteiger partial charge in [-0.3, -0.25) is 14.6 Å². The Kier molecular flexibility index (Phi) is 11.8. The Morgan fingerprint density at radius 3 is 2.03 bits per heavy atom. The van der Waals surface area contributed by atoms with E-state index in [2.05, 4.69) is 31.5 Å². The molecule has 3 saturated heterocycles. The number of nitrogens with zero attached hydrogens (tertiary/aromatic N) is 3. The first-order chi connectivity index (χ1) is 17.7. The lowest BCUT2D eigenvalue weighted by molar-refractivity contribution is -0.193. The molecule has 1 amide bonds. The second-order valence-electron chi connectivity index (χ2n) is 8.71. The summed E-state index contributed by atoms with van der Waals surface area (Å²) in [6.45, 7) is 7.68. The quantitative estimate of drug-likeness (QED) is 0.515. The number of alkyl halides is 6. The van der Waals surface area contributed by atoms with Crippen LogP contribution in [0.1, 0.15) is 24.8 Å². The molecule has 1 aromatic rings. The number of likely N-dealkylation sites (tertiary alicyclic amines) is 2. The average Bonchev–Trinajstić information content (AvgIpc) is 3.49. The van der Waals surface area contributed by atoms with Gasteiger partial charge in [0, 0.05) is 57.8 Å². The molecule has 2 atom stereocenters. The lowest BCUT2D eigenvalue weighted by Crippen LogP contribution is -2.54. The molecule has 216 valence electrons. The number of ether oxygens (including phenoxy) is 1. The van der Waals surface area contributed by atoms with Crippen LogP contribution in [0.25, 0.3) is 0 Å². The molecule has 2 N–H and O–H groups in total. The van der Waals surface area contributed by atoms with E-state index in [1.807, 2.05) is 0 Å². The van der Waals surface area contributed by atoms with Gasteiger partial charge in [0.05, 0.1) is 13.2 Å². The standard InChI is InChI=1S/C18H27N3O2S.2C2HF3O2/c22-18-2-1-16-17(3-5-20(16)13-15-4-12-24-14-15)21(18)7-6-19-8-10-23-11-9-19;2*3-2(4,5)1(6)7/h4,12,14,16-17H,1-3,5-11,13H2;2*(H,6,7)/t16-,17-;;/m1../s1. The van der Waals surface area contributed by atoms with Gasteiger partial charge in [-0.1, -0.05) is 0 Å². The molecule has 3 aliphatic heterocycles. The van der Waals surface area contributed by atoms with Crippen LogP contribution in [0.2, 0.25) is 0 Å². The fourth-order valence-corrected chi connectivity index (χ4v) is 5.08. The van der Waals surface area contributed by atoms with Gasteiger partial charge in [0.2, 0.25) is 5.91 Å². The highest BCUT2D eigenvalue weighted by Gasteiger charge is 2.43. The Morgan fingerprint density at radius 2 is 1.53 bits per heavy atom. The van der Waals surface area contributed by atoms with Gasteiger partial charge in [-0.05, 0) is 35.2 Å². The Bertz CT molecular complexity index is 884.